The molecule has 6 aliphatic rings. The van der Waals surface area contributed by atoms with Gasteiger partial charge in [-0.2, -0.15) is 0 Å². The van der Waals surface area contributed by atoms with Crippen molar-refractivity contribution in [2.75, 3.05) is 11.4 Å². The molecule has 33 heavy (non-hydrogen) atoms. The van der Waals surface area contributed by atoms with Gasteiger partial charge in [-0.05, 0) is 43.0 Å². The van der Waals surface area contributed by atoms with Crippen molar-refractivity contribution >= 4 is 28.4 Å². The summed E-state index contributed by atoms with van der Waals surface area (Å²) < 4.78 is 1.61. The van der Waals surface area contributed by atoms with Gasteiger partial charge in [-0.3, -0.25) is 28.8 Å². The Bertz CT molecular complexity index is 1480. The summed E-state index contributed by atoms with van der Waals surface area (Å²) in [5.41, 5.74) is 1.91. The Morgan fingerprint density at radius 1 is 1.00 bits per heavy atom. The highest BCUT2D eigenvalue weighted by molar-refractivity contribution is 6.03. The Hall–Kier alpha value is -3.52. The van der Waals surface area contributed by atoms with Crippen molar-refractivity contribution in [3.8, 4) is 0 Å². The van der Waals surface area contributed by atoms with Crippen LogP contribution in [0.25, 0.3) is 10.9 Å². The number of hydrogen-bond acceptors (Lipinski definition) is 5. The van der Waals surface area contributed by atoms with Gasteiger partial charge < -0.3 is 5.32 Å². The molecular weight excluding hydrogens is 418 g/mol. The van der Waals surface area contributed by atoms with E-state index in [1.54, 1.807) is 10.6 Å². The third-order valence-corrected chi connectivity index (χ3v) is 8.54. The van der Waals surface area contributed by atoms with Gasteiger partial charge >= 0.3 is 0 Å². The van der Waals surface area contributed by atoms with E-state index in [1.807, 2.05) is 41.3 Å². The van der Waals surface area contributed by atoms with Crippen molar-refractivity contribution in [1.29, 1.82) is 0 Å². The molecule has 2 aromatic carbocycles. The van der Waals surface area contributed by atoms with Crippen LogP contribution in [0.2, 0.25) is 0 Å². The number of para-hydroxylation sites is 2. The first-order valence-electron chi connectivity index (χ1n) is 11.6. The molecule has 3 fully saturated rings. The normalized spacial score (nSPS) is 33.4. The molecule has 1 spiro atoms. The van der Waals surface area contributed by atoms with Crippen LogP contribution in [0.5, 0.6) is 0 Å². The van der Waals surface area contributed by atoms with Crippen molar-refractivity contribution < 1.29 is 9.59 Å². The van der Waals surface area contributed by atoms with E-state index >= 15 is 0 Å². The Balaban J connectivity index is 1.44. The van der Waals surface area contributed by atoms with Gasteiger partial charge in [0, 0.05) is 12.2 Å². The number of carbonyl (C=O) groups is 2. The molecule has 5 atom stereocenters. The highest BCUT2D eigenvalue weighted by atomic mass is 16.2. The Morgan fingerprint density at radius 3 is 2.73 bits per heavy atom. The van der Waals surface area contributed by atoms with E-state index in [1.165, 1.54) is 0 Å². The van der Waals surface area contributed by atoms with Crippen LogP contribution in [0.15, 0.2) is 53.3 Å². The number of nitrogens with zero attached hydrogens (tertiary/aromatic N) is 4. The minimum absolute atomic E-state index is 0.108. The van der Waals surface area contributed by atoms with Gasteiger partial charge in [-0.15, -0.1) is 0 Å². The fourth-order valence-electron chi connectivity index (χ4n) is 7.36. The molecule has 1 aromatic heterocycles. The maximum atomic E-state index is 13.5. The summed E-state index contributed by atoms with van der Waals surface area (Å²) in [7, 11) is 0. The molecule has 0 unspecified atom stereocenters. The first-order chi connectivity index (χ1) is 16.1. The predicted molar refractivity (Wildman–Crippen MR) is 120 cm³/mol. The molecule has 8 nitrogen and oxygen atoms in total. The zero-order chi connectivity index (χ0) is 22.1. The molecule has 9 rings (SSSR count). The number of nitrogens with one attached hydrogen (secondary N) is 1. The third-order valence-electron chi connectivity index (χ3n) is 8.54. The monoisotopic (exact) mass is 439 g/mol. The average molecular weight is 439 g/mol. The summed E-state index contributed by atoms with van der Waals surface area (Å²) in [5.74, 6) is 0.607. The van der Waals surface area contributed by atoms with E-state index in [9.17, 15) is 14.4 Å². The molecule has 0 saturated carbocycles. The minimum atomic E-state index is -0.653. The van der Waals surface area contributed by atoms with Gasteiger partial charge in [0.25, 0.3) is 5.56 Å². The van der Waals surface area contributed by atoms with E-state index in [2.05, 4.69) is 16.3 Å². The highest BCUT2D eigenvalue weighted by Crippen LogP contribution is 2.62. The van der Waals surface area contributed by atoms with Crippen LogP contribution in [-0.2, 0) is 15.0 Å². The fourth-order valence-corrected chi connectivity index (χ4v) is 7.36. The number of piperidine rings is 1. The van der Waals surface area contributed by atoms with Crippen molar-refractivity contribution in [2.45, 2.75) is 49.0 Å². The van der Waals surface area contributed by atoms with Crippen LogP contribution in [0.1, 0.15) is 42.7 Å². The molecule has 0 aliphatic carbocycles. The van der Waals surface area contributed by atoms with E-state index in [4.69, 9.17) is 4.98 Å². The fraction of sp³-hybridized carbons (Fsp3) is 0.360. The molecule has 8 heteroatoms. The summed E-state index contributed by atoms with van der Waals surface area (Å²) >= 11 is 0. The summed E-state index contributed by atoms with van der Waals surface area (Å²) in [5, 5.41) is 3.75. The lowest BCUT2D eigenvalue weighted by Gasteiger charge is -2.53. The Morgan fingerprint density at radius 2 is 1.82 bits per heavy atom. The number of hydrogen-bond donors (Lipinski definition) is 1. The maximum Gasteiger partial charge on any atom is 0.262 e. The van der Waals surface area contributed by atoms with Crippen LogP contribution in [0.3, 0.4) is 0 Å². The zero-order valence-electron chi connectivity index (χ0n) is 17.8. The third kappa shape index (κ3) is 1.86. The van der Waals surface area contributed by atoms with E-state index in [0.717, 1.165) is 30.6 Å². The smallest absolute Gasteiger partial charge is 0.262 e. The summed E-state index contributed by atoms with van der Waals surface area (Å²) in [6, 6.07) is 14.1. The number of aromatic nitrogens is 2. The molecular formula is C25H21N5O3. The first kappa shape index (κ1) is 18.0. The van der Waals surface area contributed by atoms with Gasteiger partial charge in [0.2, 0.25) is 11.8 Å². The first-order valence-corrected chi connectivity index (χ1v) is 11.6. The van der Waals surface area contributed by atoms with Gasteiger partial charge in [0.05, 0.1) is 22.4 Å². The second-order valence-corrected chi connectivity index (χ2v) is 9.86. The van der Waals surface area contributed by atoms with E-state index in [0.29, 0.717) is 23.1 Å². The van der Waals surface area contributed by atoms with Crippen molar-refractivity contribution in [1.82, 2.24) is 19.8 Å². The standard InChI is InChI=1S/C25H21N5O3/c31-21-18-12-25(19(27-21)20-26-15-8-3-1-6-13(15)22(32)29(18)20)14-7-2-4-9-16(14)30-23(33)17-10-5-11-28(17)24(25)30/h1-4,6-9,17-19,24H,5,10-12H2,(H,27,31)/t17-,18-,19+,24+,25-/m0/s1. The quantitative estimate of drug-likeness (QED) is 0.575. The summed E-state index contributed by atoms with van der Waals surface area (Å²) in [6.07, 6.45) is 2.15. The van der Waals surface area contributed by atoms with Gasteiger partial charge in [-0.25, -0.2) is 4.98 Å². The second kappa shape index (κ2) is 5.69. The molecule has 7 heterocycles. The summed E-state index contributed by atoms with van der Waals surface area (Å²) in [6.45, 7) is 0.858. The number of benzene rings is 2. The lowest BCUT2D eigenvalue weighted by Crippen LogP contribution is -2.66. The summed E-state index contributed by atoms with van der Waals surface area (Å²) in [4.78, 5) is 49.4. The number of carbonyl (C=O) groups excluding carboxylic acids is 2. The molecule has 6 aliphatic heterocycles. The van der Waals surface area contributed by atoms with Crippen molar-refractivity contribution in [3.63, 3.8) is 0 Å². The molecule has 0 radical (unpaired) electrons. The van der Waals surface area contributed by atoms with Crippen LogP contribution in [0.4, 0.5) is 5.69 Å². The topological polar surface area (TPSA) is 87.5 Å². The number of anilines is 1. The largest absolute Gasteiger partial charge is 0.343 e. The second-order valence-electron chi connectivity index (χ2n) is 9.86. The lowest BCUT2D eigenvalue weighted by molar-refractivity contribution is -0.133. The van der Waals surface area contributed by atoms with Crippen molar-refractivity contribution in [2.24, 2.45) is 0 Å². The minimum Gasteiger partial charge on any atom is -0.343 e. The molecule has 3 aromatic rings. The number of rotatable bonds is 0. The van der Waals surface area contributed by atoms with Gasteiger partial charge in [0.1, 0.15) is 24.1 Å². The van der Waals surface area contributed by atoms with E-state index < -0.39 is 17.5 Å². The molecule has 3 saturated heterocycles. The number of fused-ring (bicyclic) bond motifs is 7. The Kier molecular flexibility index (Phi) is 3.10. The lowest BCUT2D eigenvalue weighted by atomic mass is 9.64. The SMILES string of the molecule is O=C1N[C@@H]2c3nc4ccccc4c(=O)n3[C@H]1C[C@]21c2ccccc2N2C(=O)[C@@H]3CCCN3[C@H]21. The van der Waals surface area contributed by atoms with Crippen molar-refractivity contribution in [3.05, 3.63) is 70.3 Å². The predicted octanol–water partition coefficient (Wildman–Crippen LogP) is 1.60. The Labute approximate surface area is 188 Å². The maximum absolute atomic E-state index is 13.5. The molecule has 2 amide bonds. The molecule has 164 valence electrons. The molecule has 2 bridgehead atoms. The highest BCUT2D eigenvalue weighted by Gasteiger charge is 2.70. The zero-order valence-corrected chi connectivity index (χ0v) is 17.8. The van der Waals surface area contributed by atoms with E-state index in [-0.39, 0.29) is 29.6 Å². The van der Waals surface area contributed by atoms with Gasteiger partial charge in [-0.1, -0.05) is 30.3 Å². The number of amides is 2. The van der Waals surface area contributed by atoms with Crippen LogP contribution >= 0.6 is 0 Å². The van der Waals surface area contributed by atoms with Crippen LogP contribution < -0.4 is 15.8 Å². The van der Waals surface area contributed by atoms with Gasteiger partial charge in [0.15, 0.2) is 0 Å². The molecule has 1 N–H and O–H groups in total. The average Bonchev–Trinajstić information content (AvgIpc) is 3.49. The van der Waals surface area contributed by atoms with Crippen LogP contribution in [0, 0.1) is 0 Å². The van der Waals surface area contributed by atoms with Crippen LogP contribution in [-0.4, -0.2) is 45.0 Å².